The normalized spacial score (nSPS) is 17.8. The molecule has 0 spiro atoms. The fourth-order valence-corrected chi connectivity index (χ4v) is 3.98. The van der Waals surface area contributed by atoms with E-state index in [-0.39, 0.29) is 69.0 Å². The molecule has 0 bridgehead atoms. The molecule has 0 aromatic heterocycles. The number of nitrogens with zero attached hydrogens (tertiary/aromatic N) is 4. The van der Waals surface area contributed by atoms with Gasteiger partial charge in [0.1, 0.15) is 0 Å². The predicted octanol–water partition coefficient (Wildman–Crippen LogP) is -3.91. The molecule has 0 atom stereocenters. The molecular formula is C22H31EuN4O6S. The molecule has 12 heteroatoms. The Hall–Kier alpha value is -0.596. The number of benzene rings is 1. The Morgan fingerprint density at radius 3 is 1.21 bits per heavy atom. The van der Waals surface area contributed by atoms with E-state index in [1.165, 1.54) is 0 Å². The van der Waals surface area contributed by atoms with E-state index >= 15 is 0 Å². The second-order valence-corrected chi connectivity index (χ2v) is 8.51. The van der Waals surface area contributed by atoms with Crippen LogP contribution < -0.4 is 15.3 Å². The summed E-state index contributed by atoms with van der Waals surface area (Å²) in [6.45, 7) is 3.12. The van der Waals surface area contributed by atoms with Crippen LogP contribution in [0.2, 0.25) is 0 Å². The smallest absolute Gasteiger partial charge is 0.549 e. The maximum Gasteiger partial charge on any atom is 3.00 e. The largest absolute Gasteiger partial charge is 3.00 e. The summed E-state index contributed by atoms with van der Waals surface area (Å²) >= 11 is 4.27. The fourth-order valence-electron chi connectivity index (χ4n) is 3.77. The number of carboxylic acids is 3. The molecule has 1 heterocycles. The van der Waals surface area contributed by atoms with Gasteiger partial charge in [-0.1, -0.05) is 24.3 Å². The van der Waals surface area contributed by atoms with Crippen LogP contribution in [0.4, 0.5) is 0 Å². The van der Waals surface area contributed by atoms with Crippen LogP contribution in [0.15, 0.2) is 24.3 Å². The summed E-state index contributed by atoms with van der Waals surface area (Å²) in [4.78, 5) is 40.8. The first kappa shape index (κ1) is 31.4. The van der Waals surface area contributed by atoms with Crippen LogP contribution in [0.25, 0.3) is 0 Å². The predicted molar refractivity (Wildman–Crippen MR) is 119 cm³/mol. The molecule has 0 aliphatic carbocycles. The Morgan fingerprint density at radius 2 is 0.912 bits per heavy atom. The topological polar surface area (TPSA) is 133 Å². The summed E-state index contributed by atoms with van der Waals surface area (Å²) in [5, 5.41) is 33.6. The van der Waals surface area contributed by atoms with Crippen LogP contribution in [0.5, 0.6) is 0 Å². The summed E-state index contributed by atoms with van der Waals surface area (Å²) in [5.41, 5.74) is 2.20. The van der Waals surface area contributed by atoms with Crippen molar-refractivity contribution in [1.29, 1.82) is 0 Å². The molecule has 1 aromatic carbocycles. The summed E-state index contributed by atoms with van der Waals surface area (Å²) in [6, 6.07) is 8.07. The summed E-state index contributed by atoms with van der Waals surface area (Å²) in [5.74, 6) is -2.98. The Morgan fingerprint density at radius 1 is 0.618 bits per heavy atom. The van der Waals surface area contributed by atoms with Gasteiger partial charge in [-0.15, -0.1) is 0 Å². The van der Waals surface area contributed by atoms with Gasteiger partial charge < -0.3 is 29.7 Å². The number of carboxylic acid groups (broad SMARTS) is 3. The van der Waals surface area contributed by atoms with Crippen molar-refractivity contribution in [2.24, 2.45) is 0 Å². The van der Waals surface area contributed by atoms with E-state index in [9.17, 15) is 29.7 Å². The van der Waals surface area contributed by atoms with Gasteiger partial charge in [0.15, 0.2) is 0 Å². The van der Waals surface area contributed by atoms with Crippen LogP contribution in [0.3, 0.4) is 0 Å². The molecule has 1 aliphatic rings. The van der Waals surface area contributed by atoms with E-state index in [0.29, 0.717) is 64.7 Å². The van der Waals surface area contributed by atoms with E-state index in [0.717, 1.165) is 11.1 Å². The van der Waals surface area contributed by atoms with Crippen LogP contribution in [-0.2, 0) is 26.7 Å². The maximum absolute atomic E-state index is 11.2. The van der Waals surface area contributed by atoms with Gasteiger partial charge in [-0.2, -0.15) is 12.6 Å². The minimum Gasteiger partial charge on any atom is -0.549 e. The molecule has 1 saturated heterocycles. The van der Waals surface area contributed by atoms with Crippen LogP contribution in [-0.4, -0.2) is 109 Å². The molecule has 0 N–H and O–H groups in total. The van der Waals surface area contributed by atoms with Gasteiger partial charge in [0.05, 0.1) is 17.9 Å². The average molecular weight is 632 g/mol. The van der Waals surface area contributed by atoms with Gasteiger partial charge in [-0.3, -0.25) is 19.6 Å². The first-order chi connectivity index (χ1) is 15.7. The third-order valence-electron chi connectivity index (χ3n) is 5.60. The number of hydrogen-bond donors (Lipinski definition) is 1. The van der Waals surface area contributed by atoms with Gasteiger partial charge in [0.25, 0.3) is 0 Å². The molecule has 188 valence electrons. The van der Waals surface area contributed by atoms with Gasteiger partial charge in [-0.25, -0.2) is 0 Å². The Bertz CT molecular complexity index is 753. The molecule has 0 amide bonds. The average Bonchev–Trinajstić information content (AvgIpc) is 2.75. The number of rotatable bonds is 9. The molecule has 0 saturated carbocycles. The summed E-state index contributed by atoms with van der Waals surface area (Å²) in [7, 11) is 0. The quantitative estimate of drug-likeness (QED) is 0.270. The van der Waals surface area contributed by atoms with Crippen molar-refractivity contribution in [2.75, 3.05) is 72.0 Å². The standard InChI is InChI=1S/C22H34N4O6S.Eu/c27-20(28)14-24-7-5-23(13-18-1-3-19(17-33)4-2-18)6-8-25(15-21(29)30)10-12-26(11-9-24)16-22(31)32;/h1-4,33H,5-17H2,(H,27,28)(H,29,30)(H,31,32);/q;+3/p-3. The van der Waals surface area contributed by atoms with Gasteiger partial charge in [0.2, 0.25) is 0 Å². The van der Waals surface area contributed by atoms with Crippen molar-refractivity contribution in [2.45, 2.75) is 12.3 Å². The number of aliphatic carboxylic acids is 3. The number of carbonyl (C=O) groups is 3. The second kappa shape index (κ2) is 17.0. The zero-order valence-electron chi connectivity index (χ0n) is 19.1. The van der Waals surface area contributed by atoms with Crippen molar-refractivity contribution in [1.82, 2.24) is 19.6 Å². The molecule has 0 unspecified atom stereocenters. The second-order valence-electron chi connectivity index (χ2n) is 8.20. The minimum atomic E-state index is -1.24. The van der Waals surface area contributed by atoms with Crippen LogP contribution >= 0.6 is 12.6 Å². The third-order valence-corrected chi connectivity index (χ3v) is 5.96. The molecular weight excluding hydrogens is 600 g/mol. The summed E-state index contributed by atoms with van der Waals surface area (Å²) in [6.07, 6.45) is 0. The molecule has 1 aliphatic heterocycles. The molecule has 0 radical (unpaired) electrons. The first-order valence-electron chi connectivity index (χ1n) is 10.9. The number of carbonyl (C=O) groups excluding carboxylic acids is 3. The van der Waals surface area contributed by atoms with Gasteiger partial charge in [-0.05, 0) is 11.1 Å². The van der Waals surface area contributed by atoms with Crippen LogP contribution in [0.1, 0.15) is 11.1 Å². The Balaban J connectivity index is 0.00000578. The molecule has 34 heavy (non-hydrogen) atoms. The van der Waals surface area contributed by atoms with Gasteiger partial charge in [0, 0.05) is 84.3 Å². The van der Waals surface area contributed by atoms with E-state index < -0.39 is 17.9 Å². The minimum absolute atomic E-state index is 0. The van der Waals surface area contributed by atoms with Crippen molar-refractivity contribution < 1.29 is 79.1 Å². The molecule has 2 rings (SSSR count). The van der Waals surface area contributed by atoms with E-state index in [1.807, 2.05) is 24.3 Å². The molecule has 1 aromatic rings. The van der Waals surface area contributed by atoms with Crippen molar-refractivity contribution in [3.05, 3.63) is 35.4 Å². The SMILES string of the molecule is O=C([O-])CN1CCN(CC(=O)[O-])CCN(Cc2ccc(CS)cc2)CCN(CC(=O)[O-])CC1.[Eu+3]. The zero-order chi connectivity index (χ0) is 24.2. The van der Waals surface area contributed by atoms with E-state index in [2.05, 4.69) is 17.5 Å². The van der Waals surface area contributed by atoms with E-state index in [1.54, 1.807) is 14.7 Å². The number of thiol groups is 1. The molecule has 1 fully saturated rings. The third kappa shape index (κ3) is 12.9. The Kier molecular flexibility index (Phi) is 15.7. The maximum atomic E-state index is 11.2. The monoisotopic (exact) mass is 632 g/mol. The number of hydrogen-bond acceptors (Lipinski definition) is 11. The van der Waals surface area contributed by atoms with E-state index in [4.69, 9.17) is 0 Å². The fraction of sp³-hybridized carbons (Fsp3) is 0.591. The first-order valence-corrected chi connectivity index (χ1v) is 11.6. The van der Waals surface area contributed by atoms with Crippen LogP contribution in [0, 0.1) is 49.4 Å². The zero-order valence-corrected chi connectivity index (χ0v) is 22.4. The molecule has 10 nitrogen and oxygen atoms in total. The Labute approximate surface area is 246 Å². The van der Waals surface area contributed by atoms with Crippen molar-refractivity contribution in [3.8, 4) is 0 Å². The summed E-state index contributed by atoms with van der Waals surface area (Å²) < 4.78 is 0. The van der Waals surface area contributed by atoms with Gasteiger partial charge >= 0.3 is 49.4 Å². The van der Waals surface area contributed by atoms with Crippen molar-refractivity contribution in [3.63, 3.8) is 0 Å². The van der Waals surface area contributed by atoms with Crippen molar-refractivity contribution >= 4 is 30.5 Å².